The van der Waals surface area contributed by atoms with Gasteiger partial charge < -0.3 is 29.9 Å². The van der Waals surface area contributed by atoms with Gasteiger partial charge in [0.1, 0.15) is 23.0 Å². The molecule has 5 rings (SSSR count). The zero-order valence-electron chi connectivity index (χ0n) is 26.3. The van der Waals surface area contributed by atoms with Crippen LogP contribution in [0.25, 0.3) is 0 Å². The van der Waals surface area contributed by atoms with E-state index in [-0.39, 0.29) is 48.3 Å². The fourth-order valence-electron chi connectivity index (χ4n) is 5.97. The van der Waals surface area contributed by atoms with Crippen LogP contribution in [-0.4, -0.2) is 45.6 Å². The second kappa shape index (κ2) is 14.4. The van der Waals surface area contributed by atoms with E-state index in [1.54, 1.807) is 48.5 Å². The van der Waals surface area contributed by atoms with E-state index < -0.39 is 11.9 Å². The number of benzene rings is 4. The van der Waals surface area contributed by atoms with Crippen molar-refractivity contribution in [3.63, 3.8) is 0 Å². The Morgan fingerprint density at radius 3 is 1.13 bits per heavy atom. The third-order valence-electron chi connectivity index (χ3n) is 8.40. The third kappa shape index (κ3) is 7.12. The van der Waals surface area contributed by atoms with E-state index >= 15 is 0 Å². The molecule has 0 atom stereocenters. The van der Waals surface area contributed by atoms with Crippen molar-refractivity contribution >= 4 is 11.9 Å². The molecule has 8 heteroatoms. The number of carboxylic acid groups (broad SMARTS) is 2. The van der Waals surface area contributed by atoms with Gasteiger partial charge in [0, 0.05) is 25.7 Å². The monoisotopic (exact) mass is 624 g/mol. The Morgan fingerprint density at radius 1 is 0.565 bits per heavy atom. The number of ether oxygens (including phenoxy) is 2. The molecule has 0 heterocycles. The molecule has 8 bridgehead atoms. The molecule has 240 valence electrons. The van der Waals surface area contributed by atoms with Crippen LogP contribution in [0.5, 0.6) is 23.0 Å². The SMILES string of the molecule is CCCCOc1c2cc(C(=O)O)cc1Cc1cccc(c1O)Cc1cc(C(=O)O)cc(c1OCCCC)Cc1cccc(c1O)C2. The zero-order chi connectivity index (χ0) is 32.8. The molecule has 4 N–H and O–H groups in total. The largest absolute Gasteiger partial charge is 0.507 e. The molecule has 0 saturated carbocycles. The molecule has 0 radical (unpaired) electrons. The van der Waals surface area contributed by atoms with Gasteiger partial charge in [0.05, 0.1) is 24.3 Å². The highest BCUT2D eigenvalue weighted by atomic mass is 16.5. The average Bonchev–Trinajstić information content (AvgIpc) is 3.02. The summed E-state index contributed by atoms with van der Waals surface area (Å²) in [7, 11) is 0. The molecule has 1 aliphatic carbocycles. The Hall–Kier alpha value is -4.98. The van der Waals surface area contributed by atoms with E-state index in [1.165, 1.54) is 0 Å². The van der Waals surface area contributed by atoms with Crippen LogP contribution in [0.4, 0.5) is 0 Å². The number of carboxylic acids is 2. The fourth-order valence-corrected chi connectivity index (χ4v) is 5.97. The second-order valence-corrected chi connectivity index (χ2v) is 11.8. The van der Waals surface area contributed by atoms with Crippen molar-refractivity contribution in [3.8, 4) is 23.0 Å². The quantitative estimate of drug-likeness (QED) is 0.117. The maximum absolute atomic E-state index is 12.3. The number of fused-ring (bicyclic) bond motifs is 8. The summed E-state index contributed by atoms with van der Waals surface area (Å²) in [5.41, 5.74) is 4.92. The van der Waals surface area contributed by atoms with E-state index in [2.05, 4.69) is 13.8 Å². The predicted octanol–water partition coefficient (Wildman–Crippen LogP) is 7.53. The number of hydrogen-bond acceptors (Lipinski definition) is 6. The Balaban J connectivity index is 1.77. The highest BCUT2D eigenvalue weighted by Gasteiger charge is 2.23. The summed E-state index contributed by atoms with van der Waals surface area (Å²) in [5.74, 6) is -0.999. The Labute approximate surface area is 268 Å². The summed E-state index contributed by atoms with van der Waals surface area (Å²) < 4.78 is 12.6. The van der Waals surface area contributed by atoms with Crippen LogP contribution in [0.3, 0.4) is 0 Å². The molecule has 0 amide bonds. The zero-order valence-corrected chi connectivity index (χ0v) is 26.3. The topological polar surface area (TPSA) is 134 Å². The highest BCUT2D eigenvalue weighted by Crippen LogP contribution is 2.39. The molecule has 0 aliphatic heterocycles. The summed E-state index contributed by atoms with van der Waals surface area (Å²) in [6, 6.07) is 17.2. The fraction of sp³-hybridized carbons (Fsp3) is 0.316. The summed E-state index contributed by atoms with van der Waals surface area (Å²) in [4.78, 5) is 24.5. The lowest BCUT2D eigenvalue weighted by molar-refractivity contribution is 0.0685. The molecule has 0 saturated heterocycles. The molecular weight excluding hydrogens is 584 g/mol. The lowest BCUT2D eigenvalue weighted by atomic mass is 9.89. The number of rotatable bonds is 10. The summed E-state index contributed by atoms with van der Waals surface area (Å²) in [6.07, 6.45) is 4.22. The first kappa shape index (κ1) is 32.4. The minimum Gasteiger partial charge on any atom is -0.507 e. The van der Waals surface area contributed by atoms with Gasteiger partial charge in [-0.3, -0.25) is 0 Å². The predicted molar refractivity (Wildman–Crippen MR) is 175 cm³/mol. The highest BCUT2D eigenvalue weighted by molar-refractivity contribution is 5.89. The molecule has 8 nitrogen and oxygen atoms in total. The number of phenols is 2. The van der Waals surface area contributed by atoms with Crippen molar-refractivity contribution in [2.24, 2.45) is 0 Å². The standard InChI is InChI=1S/C38H40O8/c1-3-5-13-45-35-27-15-23-9-7-11-25(33(23)39)17-29-21-32(38(43)44)22-30(36(29)46-14-6-4-2)18-26-12-8-10-24(34(26)40)16-28(35)20-31(19-27)37(41)42/h7-12,19-22,39-40H,3-6,13-18H2,1-2H3,(H,41,42)(H,43,44). The molecular formula is C38H40O8. The Morgan fingerprint density at radius 2 is 0.870 bits per heavy atom. The lowest BCUT2D eigenvalue weighted by Crippen LogP contribution is -2.10. The van der Waals surface area contributed by atoms with Gasteiger partial charge in [0.15, 0.2) is 0 Å². The molecule has 46 heavy (non-hydrogen) atoms. The minimum absolute atomic E-state index is 0.0426. The van der Waals surface area contributed by atoms with E-state index in [9.17, 15) is 30.0 Å². The maximum Gasteiger partial charge on any atom is 0.335 e. The second-order valence-electron chi connectivity index (χ2n) is 11.8. The van der Waals surface area contributed by atoms with Crippen LogP contribution in [0.1, 0.15) is 105 Å². The van der Waals surface area contributed by atoms with E-state index in [0.717, 1.165) is 25.7 Å². The summed E-state index contributed by atoms with van der Waals surface area (Å²) in [5, 5.41) is 43.2. The van der Waals surface area contributed by atoms with Crippen LogP contribution in [0.15, 0.2) is 60.7 Å². The Bertz CT molecular complexity index is 1540. The first-order chi connectivity index (χ1) is 22.2. The van der Waals surface area contributed by atoms with E-state index in [1.807, 2.05) is 12.1 Å². The smallest absolute Gasteiger partial charge is 0.335 e. The number of hydrogen-bond donors (Lipinski definition) is 4. The molecule has 0 aromatic heterocycles. The van der Waals surface area contributed by atoms with Gasteiger partial charge in [0.2, 0.25) is 0 Å². The first-order valence-electron chi connectivity index (χ1n) is 15.8. The summed E-state index contributed by atoms with van der Waals surface area (Å²) in [6.45, 7) is 4.99. The molecule has 0 unspecified atom stereocenters. The van der Waals surface area contributed by atoms with Gasteiger partial charge >= 0.3 is 11.9 Å². The minimum atomic E-state index is -1.09. The van der Waals surface area contributed by atoms with Crippen LogP contribution >= 0.6 is 0 Å². The van der Waals surface area contributed by atoms with Crippen LogP contribution in [0, 0.1) is 0 Å². The van der Waals surface area contributed by atoms with Crippen molar-refractivity contribution in [3.05, 3.63) is 116 Å². The summed E-state index contributed by atoms with van der Waals surface area (Å²) >= 11 is 0. The van der Waals surface area contributed by atoms with Gasteiger partial charge in [-0.2, -0.15) is 0 Å². The van der Waals surface area contributed by atoms with E-state index in [4.69, 9.17) is 9.47 Å². The number of carbonyl (C=O) groups is 2. The van der Waals surface area contributed by atoms with Crippen molar-refractivity contribution in [2.75, 3.05) is 13.2 Å². The first-order valence-corrected chi connectivity index (χ1v) is 15.8. The molecule has 4 aromatic rings. The molecule has 4 aromatic carbocycles. The van der Waals surface area contributed by atoms with Crippen molar-refractivity contribution in [2.45, 2.75) is 65.2 Å². The molecule has 0 spiro atoms. The van der Waals surface area contributed by atoms with Gasteiger partial charge in [-0.05, 0) is 81.6 Å². The lowest BCUT2D eigenvalue weighted by Gasteiger charge is -2.21. The van der Waals surface area contributed by atoms with Gasteiger partial charge in [-0.15, -0.1) is 0 Å². The number of phenolic OH excluding ortho intramolecular Hbond substituents is 2. The normalized spacial score (nSPS) is 12.4. The van der Waals surface area contributed by atoms with Crippen molar-refractivity contribution in [1.29, 1.82) is 0 Å². The van der Waals surface area contributed by atoms with Crippen LogP contribution in [0.2, 0.25) is 0 Å². The maximum atomic E-state index is 12.3. The number of aromatic hydroxyl groups is 2. The van der Waals surface area contributed by atoms with Crippen LogP contribution < -0.4 is 9.47 Å². The Kier molecular flexibility index (Phi) is 10.2. The average molecular weight is 625 g/mol. The third-order valence-corrected chi connectivity index (χ3v) is 8.40. The van der Waals surface area contributed by atoms with Crippen LogP contribution in [-0.2, 0) is 25.7 Å². The van der Waals surface area contributed by atoms with Crippen molar-refractivity contribution in [1.82, 2.24) is 0 Å². The molecule has 1 aliphatic rings. The van der Waals surface area contributed by atoms with Gasteiger partial charge in [-0.1, -0.05) is 63.1 Å². The van der Waals surface area contributed by atoms with Gasteiger partial charge in [-0.25, -0.2) is 9.59 Å². The number of aromatic carboxylic acids is 2. The van der Waals surface area contributed by atoms with Gasteiger partial charge in [0.25, 0.3) is 0 Å². The number of unbranched alkanes of at least 4 members (excludes halogenated alkanes) is 2. The van der Waals surface area contributed by atoms with E-state index in [0.29, 0.717) is 69.2 Å². The van der Waals surface area contributed by atoms with Crippen molar-refractivity contribution < 1.29 is 39.5 Å². The number of para-hydroxylation sites is 2. The molecule has 0 fully saturated rings.